The van der Waals surface area contributed by atoms with E-state index in [1.165, 1.54) is 19.3 Å². The highest BCUT2D eigenvalue weighted by molar-refractivity contribution is 8.00. The molecule has 1 saturated heterocycles. The zero-order chi connectivity index (χ0) is 13.8. The second kappa shape index (κ2) is 6.53. The first-order valence-corrected chi connectivity index (χ1v) is 7.80. The summed E-state index contributed by atoms with van der Waals surface area (Å²) in [6.45, 7) is 2.21. The standard InChI is InChI=1S/C14H18ClNO2S/c1-9-12(4-3-7-19-9)16-13-8-10(15)5-6-11(13)14(17)18-2/h5-6,8-9,12,16H,3-4,7H2,1-2H3. The molecule has 1 aromatic carbocycles. The average molecular weight is 300 g/mol. The number of hydrogen-bond acceptors (Lipinski definition) is 4. The van der Waals surface area contributed by atoms with Gasteiger partial charge < -0.3 is 10.1 Å². The number of esters is 1. The van der Waals surface area contributed by atoms with Crippen LogP contribution in [0.4, 0.5) is 5.69 Å². The van der Waals surface area contributed by atoms with Crippen LogP contribution in [0.15, 0.2) is 18.2 Å². The van der Waals surface area contributed by atoms with E-state index < -0.39 is 0 Å². The van der Waals surface area contributed by atoms with Gasteiger partial charge in [0.1, 0.15) is 0 Å². The summed E-state index contributed by atoms with van der Waals surface area (Å²) in [5, 5.41) is 4.59. The van der Waals surface area contributed by atoms with Gasteiger partial charge in [-0.05, 0) is 36.8 Å². The zero-order valence-corrected chi connectivity index (χ0v) is 12.7. The number of carbonyl (C=O) groups excluding carboxylic acids is 1. The van der Waals surface area contributed by atoms with Crippen molar-refractivity contribution in [1.82, 2.24) is 0 Å². The lowest BCUT2D eigenvalue weighted by atomic mass is 10.1. The van der Waals surface area contributed by atoms with Crippen molar-refractivity contribution < 1.29 is 9.53 Å². The molecule has 2 rings (SSSR count). The molecule has 1 N–H and O–H groups in total. The summed E-state index contributed by atoms with van der Waals surface area (Å²) in [4.78, 5) is 11.8. The van der Waals surface area contributed by atoms with Gasteiger partial charge in [0, 0.05) is 16.3 Å². The van der Waals surface area contributed by atoms with Crippen LogP contribution in [0.3, 0.4) is 0 Å². The molecule has 0 amide bonds. The van der Waals surface area contributed by atoms with Crippen molar-refractivity contribution in [2.75, 3.05) is 18.2 Å². The predicted molar refractivity (Wildman–Crippen MR) is 81.4 cm³/mol. The summed E-state index contributed by atoms with van der Waals surface area (Å²) in [6, 6.07) is 5.57. The molecular weight excluding hydrogens is 282 g/mol. The minimum atomic E-state index is -0.338. The van der Waals surface area contributed by atoms with Gasteiger partial charge in [0.25, 0.3) is 0 Å². The molecule has 1 aromatic rings. The molecule has 0 aromatic heterocycles. The van der Waals surface area contributed by atoms with Crippen molar-refractivity contribution >= 4 is 35.0 Å². The van der Waals surface area contributed by atoms with E-state index >= 15 is 0 Å². The molecule has 0 radical (unpaired) electrons. The van der Waals surface area contributed by atoms with Gasteiger partial charge in [0.05, 0.1) is 18.4 Å². The Hall–Kier alpha value is -0.870. The van der Waals surface area contributed by atoms with E-state index in [1.54, 1.807) is 18.2 Å². The third-order valence-electron chi connectivity index (χ3n) is 3.33. The third-order valence-corrected chi connectivity index (χ3v) is 4.95. The number of rotatable bonds is 3. The van der Waals surface area contributed by atoms with Crippen LogP contribution in [-0.4, -0.2) is 30.1 Å². The largest absolute Gasteiger partial charge is 0.465 e. The lowest BCUT2D eigenvalue weighted by Crippen LogP contribution is -2.33. The van der Waals surface area contributed by atoms with Crippen LogP contribution in [0.25, 0.3) is 0 Å². The molecule has 5 heteroatoms. The molecule has 3 nitrogen and oxygen atoms in total. The van der Waals surface area contributed by atoms with Gasteiger partial charge >= 0.3 is 5.97 Å². The number of carbonyl (C=O) groups is 1. The van der Waals surface area contributed by atoms with Crippen LogP contribution < -0.4 is 5.32 Å². The molecule has 104 valence electrons. The van der Waals surface area contributed by atoms with Crippen molar-refractivity contribution in [1.29, 1.82) is 0 Å². The maximum Gasteiger partial charge on any atom is 0.339 e. The number of hydrogen-bond donors (Lipinski definition) is 1. The molecule has 1 aliphatic rings. The molecule has 1 heterocycles. The molecule has 0 spiro atoms. The third kappa shape index (κ3) is 3.57. The molecule has 0 bridgehead atoms. The van der Waals surface area contributed by atoms with Crippen LogP contribution in [0.5, 0.6) is 0 Å². The summed E-state index contributed by atoms with van der Waals surface area (Å²) < 4.78 is 4.81. The first-order chi connectivity index (χ1) is 9.11. The fourth-order valence-corrected chi connectivity index (χ4v) is 3.55. The quantitative estimate of drug-likeness (QED) is 0.861. The second-order valence-electron chi connectivity index (χ2n) is 4.65. The van der Waals surface area contributed by atoms with Crippen molar-refractivity contribution in [3.05, 3.63) is 28.8 Å². The number of ether oxygens (including phenoxy) is 1. The van der Waals surface area contributed by atoms with E-state index in [2.05, 4.69) is 12.2 Å². The Labute approximate surface area is 123 Å². The Kier molecular flexibility index (Phi) is 4.99. The molecule has 0 saturated carbocycles. The topological polar surface area (TPSA) is 38.3 Å². The fourth-order valence-electron chi connectivity index (χ4n) is 2.24. The number of anilines is 1. The number of halogens is 1. The maximum atomic E-state index is 11.8. The van der Waals surface area contributed by atoms with Gasteiger partial charge in [-0.1, -0.05) is 18.5 Å². The molecular formula is C14H18ClNO2S. The number of nitrogens with one attached hydrogen (secondary N) is 1. The monoisotopic (exact) mass is 299 g/mol. The number of thioether (sulfide) groups is 1. The smallest absolute Gasteiger partial charge is 0.339 e. The van der Waals surface area contributed by atoms with Crippen molar-refractivity contribution in [3.8, 4) is 0 Å². The van der Waals surface area contributed by atoms with Crippen LogP contribution in [0.1, 0.15) is 30.1 Å². The van der Waals surface area contributed by atoms with Crippen LogP contribution in [0, 0.1) is 0 Å². The van der Waals surface area contributed by atoms with Gasteiger partial charge in [-0.3, -0.25) is 0 Å². The van der Waals surface area contributed by atoms with Gasteiger partial charge in [-0.15, -0.1) is 0 Å². The lowest BCUT2D eigenvalue weighted by Gasteiger charge is -2.30. The Morgan fingerprint density at radius 1 is 1.53 bits per heavy atom. The Balaban J connectivity index is 2.22. The van der Waals surface area contributed by atoms with Gasteiger partial charge in [0.15, 0.2) is 0 Å². The van der Waals surface area contributed by atoms with E-state index in [0.717, 1.165) is 12.1 Å². The van der Waals surface area contributed by atoms with E-state index in [1.807, 2.05) is 11.8 Å². The highest BCUT2D eigenvalue weighted by Gasteiger charge is 2.23. The first-order valence-electron chi connectivity index (χ1n) is 6.38. The molecule has 0 aliphatic carbocycles. The molecule has 1 fully saturated rings. The van der Waals surface area contributed by atoms with Crippen molar-refractivity contribution in [2.45, 2.75) is 31.1 Å². The van der Waals surface area contributed by atoms with Gasteiger partial charge in [0.2, 0.25) is 0 Å². The predicted octanol–water partition coefficient (Wildman–Crippen LogP) is 3.82. The molecule has 1 aliphatic heterocycles. The summed E-state index contributed by atoms with van der Waals surface area (Å²) >= 11 is 7.98. The minimum absolute atomic E-state index is 0.338. The van der Waals surface area contributed by atoms with Crippen LogP contribution >= 0.6 is 23.4 Å². The van der Waals surface area contributed by atoms with Gasteiger partial charge in [-0.2, -0.15) is 11.8 Å². The molecule has 2 unspecified atom stereocenters. The first kappa shape index (κ1) is 14.5. The van der Waals surface area contributed by atoms with Crippen molar-refractivity contribution in [2.24, 2.45) is 0 Å². The lowest BCUT2D eigenvalue weighted by molar-refractivity contribution is 0.0602. The van der Waals surface area contributed by atoms with Crippen LogP contribution in [0.2, 0.25) is 5.02 Å². The summed E-state index contributed by atoms with van der Waals surface area (Å²) in [7, 11) is 1.39. The van der Waals surface area contributed by atoms with Crippen molar-refractivity contribution in [3.63, 3.8) is 0 Å². The van der Waals surface area contributed by atoms with E-state index in [4.69, 9.17) is 16.3 Å². The minimum Gasteiger partial charge on any atom is -0.465 e. The van der Waals surface area contributed by atoms with E-state index in [-0.39, 0.29) is 5.97 Å². The van der Waals surface area contributed by atoms with E-state index in [9.17, 15) is 4.79 Å². The number of benzene rings is 1. The normalized spacial score (nSPS) is 22.9. The van der Waals surface area contributed by atoms with Gasteiger partial charge in [-0.25, -0.2) is 4.79 Å². The van der Waals surface area contributed by atoms with Crippen LogP contribution in [-0.2, 0) is 4.74 Å². The molecule has 2 atom stereocenters. The zero-order valence-electron chi connectivity index (χ0n) is 11.1. The SMILES string of the molecule is COC(=O)c1ccc(Cl)cc1NC1CCCSC1C. The summed E-state index contributed by atoms with van der Waals surface area (Å²) in [5.74, 6) is 0.869. The average Bonchev–Trinajstić information content (AvgIpc) is 2.41. The Bertz CT molecular complexity index is 467. The second-order valence-corrected chi connectivity index (χ2v) is 6.57. The highest BCUT2D eigenvalue weighted by Crippen LogP contribution is 2.30. The fraction of sp³-hybridized carbons (Fsp3) is 0.500. The Morgan fingerprint density at radius 3 is 3.00 bits per heavy atom. The maximum absolute atomic E-state index is 11.8. The Morgan fingerprint density at radius 2 is 2.32 bits per heavy atom. The number of methoxy groups -OCH3 is 1. The highest BCUT2D eigenvalue weighted by atomic mass is 35.5. The molecule has 19 heavy (non-hydrogen) atoms. The van der Waals surface area contributed by atoms with E-state index in [0.29, 0.717) is 21.9 Å². The summed E-state index contributed by atoms with van der Waals surface area (Å²) in [5.41, 5.74) is 1.30. The summed E-state index contributed by atoms with van der Waals surface area (Å²) in [6.07, 6.45) is 2.31.